The SMILES string of the molecule is Cc1cccc(NC(=O)c2cc(NCc3ccccn3)ncn2)c1. The van der Waals surface area contributed by atoms with Gasteiger partial charge in [0.25, 0.3) is 5.91 Å². The Morgan fingerprint density at radius 2 is 1.96 bits per heavy atom. The summed E-state index contributed by atoms with van der Waals surface area (Å²) in [5.74, 6) is 0.300. The molecule has 24 heavy (non-hydrogen) atoms. The van der Waals surface area contributed by atoms with Crippen molar-refractivity contribution in [3.8, 4) is 0 Å². The summed E-state index contributed by atoms with van der Waals surface area (Å²) in [5.41, 5.74) is 3.01. The number of nitrogens with one attached hydrogen (secondary N) is 2. The predicted octanol–water partition coefficient (Wildman–Crippen LogP) is 3.04. The highest BCUT2D eigenvalue weighted by Gasteiger charge is 2.09. The topological polar surface area (TPSA) is 79.8 Å². The van der Waals surface area contributed by atoms with Crippen LogP contribution in [0.4, 0.5) is 11.5 Å². The molecule has 2 N–H and O–H groups in total. The van der Waals surface area contributed by atoms with Crippen LogP contribution in [0.5, 0.6) is 0 Å². The summed E-state index contributed by atoms with van der Waals surface area (Å²) in [5, 5.41) is 5.97. The van der Waals surface area contributed by atoms with Crippen LogP contribution in [0.15, 0.2) is 61.1 Å². The van der Waals surface area contributed by atoms with Crippen molar-refractivity contribution in [2.24, 2.45) is 0 Å². The lowest BCUT2D eigenvalue weighted by atomic mass is 10.2. The van der Waals surface area contributed by atoms with Crippen LogP contribution in [0.2, 0.25) is 0 Å². The van der Waals surface area contributed by atoms with E-state index in [0.29, 0.717) is 18.1 Å². The van der Waals surface area contributed by atoms with Crippen LogP contribution in [-0.4, -0.2) is 20.9 Å². The molecule has 0 aliphatic rings. The molecular weight excluding hydrogens is 302 g/mol. The zero-order chi connectivity index (χ0) is 16.8. The van der Waals surface area contributed by atoms with E-state index in [4.69, 9.17) is 0 Å². The third-order valence-corrected chi connectivity index (χ3v) is 3.35. The number of hydrogen-bond donors (Lipinski definition) is 2. The van der Waals surface area contributed by atoms with Crippen LogP contribution in [0.1, 0.15) is 21.7 Å². The number of carbonyl (C=O) groups is 1. The van der Waals surface area contributed by atoms with E-state index in [1.54, 1.807) is 12.3 Å². The van der Waals surface area contributed by atoms with Gasteiger partial charge in [-0.05, 0) is 36.8 Å². The molecule has 0 atom stereocenters. The first-order chi connectivity index (χ1) is 11.7. The van der Waals surface area contributed by atoms with Gasteiger partial charge < -0.3 is 10.6 Å². The molecule has 2 aromatic heterocycles. The minimum Gasteiger partial charge on any atom is -0.364 e. The molecule has 0 aliphatic heterocycles. The van der Waals surface area contributed by atoms with Crippen LogP contribution in [0.3, 0.4) is 0 Å². The fourth-order valence-corrected chi connectivity index (χ4v) is 2.18. The molecule has 1 aromatic carbocycles. The maximum Gasteiger partial charge on any atom is 0.274 e. The second kappa shape index (κ2) is 7.32. The number of benzene rings is 1. The highest BCUT2D eigenvalue weighted by molar-refractivity contribution is 6.03. The molecule has 0 bridgehead atoms. The van der Waals surface area contributed by atoms with Gasteiger partial charge in [-0.2, -0.15) is 0 Å². The quantitative estimate of drug-likeness (QED) is 0.755. The number of amides is 1. The van der Waals surface area contributed by atoms with Gasteiger partial charge in [0.15, 0.2) is 0 Å². The van der Waals surface area contributed by atoms with Gasteiger partial charge in [-0.3, -0.25) is 9.78 Å². The van der Waals surface area contributed by atoms with E-state index in [2.05, 4.69) is 25.6 Å². The Morgan fingerprint density at radius 3 is 2.75 bits per heavy atom. The Balaban J connectivity index is 1.67. The Morgan fingerprint density at radius 1 is 1.04 bits per heavy atom. The Labute approximate surface area is 140 Å². The first-order valence-corrected chi connectivity index (χ1v) is 7.54. The second-order valence-electron chi connectivity index (χ2n) is 5.29. The van der Waals surface area contributed by atoms with Crippen LogP contribution in [0, 0.1) is 6.92 Å². The monoisotopic (exact) mass is 319 g/mol. The van der Waals surface area contributed by atoms with E-state index >= 15 is 0 Å². The third kappa shape index (κ3) is 4.13. The molecule has 6 nitrogen and oxygen atoms in total. The largest absolute Gasteiger partial charge is 0.364 e. The Kier molecular flexibility index (Phi) is 4.76. The molecule has 120 valence electrons. The first kappa shape index (κ1) is 15.6. The third-order valence-electron chi connectivity index (χ3n) is 3.35. The van der Waals surface area contributed by atoms with Crippen molar-refractivity contribution >= 4 is 17.4 Å². The van der Waals surface area contributed by atoms with Crippen LogP contribution < -0.4 is 10.6 Å². The summed E-state index contributed by atoms with van der Waals surface area (Å²) in [7, 11) is 0. The lowest BCUT2D eigenvalue weighted by Crippen LogP contribution is -2.14. The van der Waals surface area contributed by atoms with Crippen LogP contribution >= 0.6 is 0 Å². The fraction of sp³-hybridized carbons (Fsp3) is 0.111. The van der Waals surface area contributed by atoms with E-state index in [1.807, 2.05) is 49.4 Å². The number of carbonyl (C=O) groups excluding carboxylic acids is 1. The van der Waals surface area contributed by atoms with Crippen molar-refractivity contribution in [3.63, 3.8) is 0 Å². The first-order valence-electron chi connectivity index (χ1n) is 7.54. The van der Waals surface area contributed by atoms with Crippen molar-refractivity contribution in [2.45, 2.75) is 13.5 Å². The number of pyridine rings is 1. The number of aromatic nitrogens is 3. The molecule has 0 saturated heterocycles. The van der Waals surface area contributed by atoms with Gasteiger partial charge in [-0.15, -0.1) is 0 Å². The summed E-state index contributed by atoms with van der Waals surface area (Å²) >= 11 is 0. The lowest BCUT2D eigenvalue weighted by molar-refractivity contribution is 0.102. The van der Waals surface area contributed by atoms with Gasteiger partial charge in [0, 0.05) is 18.0 Å². The standard InChI is InChI=1S/C18H17N5O/c1-13-5-4-7-14(9-13)23-18(24)16-10-17(22-12-21-16)20-11-15-6-2-3-8-19-15/h2-10,12H,11H2,1H3,(H,23,24)(H,20,21,22). The average Bonchev–Trinajstić information content (AvgIpc) is 2.61. The van der Waals surface area contributed by atoms with Crippen molar-refractivity contribution in [1.29, 1.82) is 0 Å². The molecule has 0 radical (unpaired) electrons. The molecule has 3 rings (SSSR count). The van der Waals surface area contributed by atoms with Gasteiger partial charge in [0.1, 0.15) is 17.8 Å². The molecule has 6 heteroatoms. The molecule has 0 unspecified atom stereocenters. The Hall–Kier alpha value is -3.28. The summed E-state index contributed by atoms with van der Waals surface area (Å²) in [6.07, 6.45) is 3.10. The van der Waals surface area contributed by atoms with Gasteiger partial charge in [0.05, 0.1) is 12.2 Å². The van der Waals surface area contributed by atoms with Crippen molar-refractivity contribution in [1.82, 2.24) is 15.0 Å². The molecule has 1 amide bonds. The van der Waals surface area contributed by atoms with E-state index < -0.39 is 0 Å². The molecule has 0 saturated carbocycles. The van der Waals surface area contributed by atoms with Crippen molar-refractivity contribution in [3.05, 3.63) is 78.0 Å². The van der Waals surface area contributed by atoms with E-state index in [-0.39, 0.29) is 5.91 Å². The van der Waals surface area contributed by atoms with Crippen molar-refractivity contribution < 1.29 is 4.79 Å². The molecule has 2 heterocycles. The molecule has 0 aliphatic carbocycles. The fourth-order valence-electron chi connectivity index (χ4n) is 2.18. The highest BCUT2D eigenvalue weighted by atomic mass is 16.1. The smallest absolute Gasteiger partial charge is 0.274 e. The Bertz CT molecular complexity index is 836. The van der Waals surface area contributed by atoms with Crippen LogP contribution in [0.25, 0.3) is 0 Å². The minimum absolute atomic E-state index is 0.274. The maximum absolute atomic E-state index is 12.3. The summed E-state index contributed by atoms with van der Waals surface area (Å²) < 4.78 is 0. The van der Waals surface area contributed by atoms with Crippen molar-refractivity contribution in [2.75, 3.05) is 10.6 Å². The maximum atomic E-state index is 12.3. The van der Waals surface area contributed by atoms with Gasteiger partial charge >= 0.3 is 0 Å². The minimum atomic E-state index is -0.274. The number of rotatable bonds is 5. The summed E-state index contributed by atoms with van der Waals surface area (Å²) in [4.78, 5) is 24.7. The van der Waals surface area contributed by atoms with Gasteiger partial charge in [-0.25, -0.2) is 9.97 Å². The second-order valence-corrected chi connectivity index (χ2v) is 5.29. The zero-order valence-corrected chi connectivity index (χ0v) is 13.2. The number of aryl methyl sites for hydroxylation is 1. The molecule has 0 fully saturated rings. The summed E-state index contributed by atoms with van der Waals surface area (Å²) in [6, 6.07) is 14.9. The molecule has 3 aromatic rings. The van der Waals surface area contributed by atoms with E-state index in [1.165, 1.54) is 6.33 Å². The normalized spacial score (nSPS) is 10.2. The van der Waals surface area contributed by atoms with Crippen LogP contribution in [-0.2, 0) is 6.54 Å². The highest BCUT2D eigenvalue weighted by Crippen LogP contribution is 2.12. The predicted molar refractivity (Wildman–Crippen MR) is 92.7 cm³/mol. The number of nitrogens with zero attached hydrogens (tertiary/aromatic N) is 3. The zero-order valence-electron chi connectivity index (χ0n) is 13.2. The summed E-state index contributed by atoms with van der Waals surface area (Å²) in [6.45, 7) is 2.50. The average molecular weight is 319 g/mol. The van der Waals surface area contributed by atoms with E-state index in [9.17, 15) is 4.79 Å². The lowest BCUT2D eigenvalue weighted by Gasteiger charge is -2.08. The molecular formula is C18H17N5O. The van der Waals surface area contributed by atoms with Gasteiger partial charge in [0.2, 0.25) is 0 Å². The number of anilines is 2. The van der Waals surface area contributed by atoms with Gasteiger partial charge in [-0.1, -0.05) is 18.2 Å². The molecule has 0 spiro atoms. The number of hydrogen-bond acceptors (Lipinski definition) is 5. The van der Waals surface area contributed by atoms with E-state index in [0.717, 1.165) is 16.9 Å².